The number of rotatable bonds is 3. The molecule has 0 spiro atoms. The largest absolute Gasteiger partial charge is 0.298 e. The van der Waals surface area contributed by atoms with Crippen LogP contribution in [0.25, 0.3) is 0 Å². The van der Waals surface area contributed by atoms with Crippen LogP contribution in [0.5, 0.6) is 0 Å². The number of hydrogen-bond acceptors (Lipinski definition) is 2. The van der Waals surface area contributed by atoms with E-state index < -0.39 is 0 Å². The molecule has 0 bridgehead atoms. The third-order valence-electron chi connectivity index (χ3n) is 2.06. The third kappa shape index (κ3) is 2.81. The van der Waals surface area contributed by atoms with Crippen molar-refractivity contribution in [3.63, 3.8) is 0 Å². The molecule has 78 valence electrons. The third-order valence-corrected chi connectivity index (χ3v) is 2.06. The summed E-state index contributed by atoms with van der Waals surface area (Å²) in [6, 6.07) is 11.3. The Hall–Kier alpha value is -1.82. The normalized spacial score (nSPS) is 9.73. The molecule has 3 heteroatoms. The van der Waals surface area contributed by atoms with E-state index in [1.165, 1.54) is 4.90 Å². The molecule has 0 heterocycles. The van der Waals surface area contributed by atoms with Gasteiger partial charge in [-0.1, -0.05) is 32.0 Å². The molecule has 0 saturated heterocycles. The van der Waals surface area contributed by atoms with Gasteiger partial charge in [-0.2, -0.15) is 5.26 Å². The topological polar surface area (TPSA) is 44.1 Å². The van der Waals surface area contributed by atoms with E-state index in [0.29, 0.717) is 0 Å². The first kappa shape index (κ1) is 11.3. The van der Waals surface area contributed by atoms with E-state index in [0.717, 1.165) is 5.69 Å². The molecule has 0 N–H and O–H groups in total. The van der Waals surface area contributed by atoms with E-state index >= 15 is 0 Å². The summed E-state index contributed by atoms with van der Waals surface area (Å²) >= 11 is 0. The molecule has 0 radical (unpaired) electrons. The van der Waals surface area contributed by atoms with Gasteiger partial charge in [-0.3, -0.25) is 9.69 Å². The van der Waals surface area contributed by atoms with Crippen LogP contribution in [-0.2, 0) is 4.79 Å². The Morgan fingerprint density at radius 1 is 1.40 bits per heavy atom. The van der Waals surface area contributed by atoms with Crippen molar-refractivity contribution in [2.75, 3.05) is 11.4 Å². The maximum absolute atomic E-state index is 11.8. The summed E-state index contributed by atoms with van der Waals surface area (Å²) in [5.41, 5.74) is 0.776. The Bertz CT molecular complexity index is 365. The van der Waals surface area contributed by atoms with Crippen LogP contribution in [0.4, 0.5) is 5.69 Å². The van der Waals surface area contributed by atoms with E-state index in [2.05, 4.69) is 0 Å². The summed E-state index contributed by atoms with van der Waals surface area (Å²) in [6.45, 7) is 3.76. The molecule has 0 aliphatic rings. The van der Waals surface area contributed by atoms with Gasteiger partial charge < -0.3 is 0 Å². The smallest absolute Gasteiger partial charge is 0.230 e. The number of para-hydroxylation sites is 1. The summed E-state index contributed by atoms with van der Waals surface area (Å²) in [4.78, 5) is 13.3. The zero-order valence-corrected chi connectivity index (χ0v) is 8.97. The molecule has 0 fully saturated rings. The molecule has 1 amide bonds. The molecule has 0 saturated carbocycles. The highest BCUT2D eigenvalue weighted by Gasteiger charge is 2.17. The van der Waals surface area contributed by atoms with Crippen molar-refractivity contribution in [2.45, 2.75) is 13.8 Å². The Morgan fingerprint density at radius 3 is 2.47 bits per heavy atom. The zero-order chi connectivity index (χ0) is 11.3. The zero-order valence-electron chi connectivity index (χ0n) is 8.97. The molecular weight excluding hydrogens is 188 g/mol. The van der Waals surface area contributed by atoms with Gasteiger partial charge in [0.25, 0.3) is 0 Å². The molecule has 0 unspecified atom stereocenters. The highest BCUT2D eigenvalue weighted by Crippen LogP contribution is 2.15. The standard InChI is InChI=1S/C12H14N2O/c1-10(2)12(15)14(9-8-13)11-6-4-3-5-7-11/h3-7,10H,9H2,1-2H3. The maximum Gasteiger partial charge on any atom is 0.230 e. The lowest BCUT2D eigenvalue weighted by Crippen LogP contribution is -2.34. The number of hydrogen-bond donors (Lipinski definition) is 0. The van der Waals surface area contributed by atoms with E-state index in [1.807, 2.05) is 50.2 Å². The van der Waals surface area contributed by atoms with Crippen molar-refractivity contribution in [2.24, 2.45) is 5.92 Å². The number of carbonyl (C=O) groups excluding carboxylic acids is 1. The lowest BCUT2D eigenvalue weighted by Gasteiger charge is -2.21. The first-order chi connectivity index (χ1) is 7.16. The van der Waals surface area contributed by atoms with Crippen molar-refractivity contribution >= 4 is 11.6 Å². The Labute approximate surface area is 89.9 Å². The number of nitriles is 1. The fourth-order valence-corrected chi connectivity index (χ4v) is 1.29. The second-order valence-corrected chi connectivity index (χ2v) is 3.57. The summed E-state index contributed by atoms with van der Waals surface area (Å²) in [5.74, 6) is -0.124. The molecule has 0 aliphatic carbocycles. The van der Waals surface area contributed by atoms with Crippen LogP contribution in [0.1, 0.15) is 13.8 Å². The SMILES string of the molecule is CC(C)C(=O)N(CC#N)c1ccccc1. The van der Waals surface area contributed by atoms with Crippen molar-refractivity contribution in [3.8, 4) is 6.07 Å². The van der Waals surface area contributed by atoms with E-state index in [-0.39, 0.29) is 18.4 Å². The molecule has 0 atom stereocenters. The molecular formula is C12H14N2O. The number of carbonyl (C=O) groups is 1. The van der Waals surface area contributed by atoms with Gasteiger partial charge in [0.1, 0.15) is 6.54 Å². The van der Waals surface area contributed by atoms with E-state index in [1.54, 1.807) is 0 Å². The van der Waals surface area contributed by atoms with E-state index in [4.69, 9.17) is 5.26 Å². The van der Waals surface area contributed by atoms with Crippen LogP contribution in [0.15, 0.2) is 30.3 Å². The number of amides is 1. The van der Waals surface area contributed by atoms with Crippen LogP contribution in [0.3, 0.4) is 0 Å². The maximum atomic E-state index is 11.8. The summed E-state index contributed by atoms with van der Waals surface area (Å²) in [6.07, 6.45) is 0. The van der Waals surface area contributed by atoms with Gasteiger partial charge in [0, 0.05) is 11.6 Å². The average Bonchev–Trinajstić information content (AvgIpc) is 2.26. The van der Waals surface area contributed by atoms with Crippen molar-refractivity contribution in [3.05, 3.63) is 30.3 Å². The Morgan fingerprint density at radius 2 is 2.00 bits per heavy atom. The predicted molar refractivity (Wildman–Crippen MR) is 59.2 cm³/mol. The van der Waals surface area contributed by atoms with E-state index in [9.17, 15) is 4.79 Å². The predicted octanol–water partition coefficient (Wildman–Crippen LogP) is 2.20. The van der Waals surface area contributed by atoms with Crippen molar-refractivity contribution in [1.29, 1.82) is 5.26 Å². The molecule has 0 aromatic heterocycles. The number of nitrogens with zero attached hydrogens (tertiary/aromatic N) is 2. The molecule has 1 rings (SSSR count). The van der Waals surface area contributed by atoms with Gasteiger partial charge >= 0.3 is 0 Å². The summed E-state index contributed by atoms with van der Waals surface area (Å²) in [5, 5.41) is 8.68. The fourth-order valence-electron chi connectivity index (χ4n) is 1.29. The van der Waals surface area contributed by atoms with Gasteiger partial charge in [-0.25, -0.2) is 0 Å². The van der Waals surface area contributed by atoms with Crippen LogP contribution < -0.4 is 4.90 Å². The number of benzene rings is 1. The minimum absolute atomic E-state index is 0.0252. The fraction of sp³-hybridized carbons (Fsp3) is 0.333. The van der Waals surface area contributed by atoms with Gasteiger partial charge in [0.15, 0.2) is 0 Å². The molecule has 3 nitrogen and oxygen atoms in total. The minimum atomic E-state index is -0.0986. The van der Waals surface area contributed by atoms with Gasteiger partial charge in [0.05, 0.1) is 6.07 Å². The van der Waals surface area contributed by atoms with Crippen LogP contribution >= 0.6 is 0 Å². The summed E-state index contributed by atoms with van der Waals surface area (Å²) < 4.78 is 0. The lowest BCUT2D eigenvalue weighted by atomic mass is 10.1. The second kappa shape index (κ2) is 5.16. The van der Waals surface area contributed by atoms with Crippen LogP contribution in [0.2, 0.25) is 0 Å². The molecule has 15 heavy (non-hydrogen) atoms. The molecule has 0 aliphatic heterocycles. The first-order valence-electron chi connectivity index (χ1n) is 4.90. The van der Waals surface area contributed by atoms with Gasteiger partial charge in [-0.15, -0.1) is 0 Å². The highest BCUT2D eigenvalue weighted by molar-refractivity contribution is 5.94. The monoisotopic (exact) mass is 202 g/mol. The first-order valence-corrected chi connectivity index (χ1v) is 4.90. The Balaban J connectivity index is 2.94. The molecule has 1 aromatic rings. The number of anilines is 1. The lowest BCUT2D eigenvalue weighted by molar-refractivity contribution is -0.121. The van der Waals surface area contributed by atoms with Crippen molar-refractivity contribution < 1.29 is 4.79 Å². The van der Waals surface area contributed by atoms with Crippen LogP contribution in [0, 0.1) is 17.2 Å². The van der Waals surface area contributed by atoms with Crippen molar-refractivity contribution in [1.82, 2.24) is 0 Å². The minimum Gasteiger partial charge on any atom is -0.298 e. The second-order valence-electron chi connectivity index (χ2n) is 3.57. The van der Waals surface area contributed by atoms with Crippen LogP contribution in [-0.4, -0.2) is 12.5 Å². The molecule has 1 aromatic carbocycles. The average molecular weight is 202 g/mol. The van der Waals surface area contributed by atoms with Gasteiger partial charge in [0.2, 0.25) is 5.91 Å². The Kier molecular flexibility index (Phi) is 3.87. The quantitative estimate of drug-likeness (QED) is 0.705. The van der Waals surface area contributed by atoms with Gasteiger partial charge in [-0.05, 0) is 12.1 Å². The summed E-state index contributed by atoms with van der Waals surface area (Å²) in [7, 11) is 0. The highest BCUT2D eigenvalue weighted by atomic mass is 16.2.